The first-order chi connectivity index (χ1) is 9.69. The van der Waals surface area contributed by atoms with Crippen LogP contribution in [0.5, 0.6) is 5.75 Å². The van der Waals surface area contributed by atoms with Crippen molar-refractivity contribution in [3.05, 3.63) is 28.3 Å². The molecule has 20 heavy (non-hydrogen) atoms. The van der Waals surface area contributed by atoms with E-state index in [1.165, 1.54) is 24.7 Å². The van der Waals surface area contributed by atoms with Gasteiger partial charge >= 0.3 is 0 Å². The fraction of sp³-hybridized carbons (Fsp3) is 0.571. The van der Waals surface area contributed by atoms with E-state index in [4.69, 9.17) is 4.74 Å². The maximum absolute atomic E-state index is 11.0. The van der Waals surface area contributed by atoms with E-state index in [-0.39, 0.29) is 10.6 Å². The van der Waals surface area contributed by atoms with Gasteiger partial charge in [0.25, 0.3) is 5.69 Å². The summed E-state index contributed by atoms with van der Waals surface area (Å²) in [5, 5.41) is 14.9. The number of thioether (sulfide) groups is 1. The van der Waals surface area contributed by atoms with Crippen LogP contribution in [0, 0.1) is 10.1 Å². The van der Waals surface area contributed by atoms with Gasteiger partial charge in [-0.3, -0.25) is 10.1 Å². The minimum absolute atomic E-state index is 0.0696. The number of non-ortho nitro benzene ring substituents is 1. The third-order valence-corrected chi connectivity index (χ3v) is 4.53. The highest BCUT2D eigenvalue weighted by molar-refractivity contribution is 8.00. The van der Waals surface area contributed by atoms with Gasteiger partial charge in [0.15, 0.2) is 0 Å². The van der Waals surface area contributed by atoms with E-state index in [1.807, 2.05) is 24.8 Å². The summed E-state index contributed by atoms with van der Waals surface area (Å²) in [6.07, 6.45) is 3.35. The van der Waals surface area contributed by atoms with Gasteiger partial charge in [0.05, 0.1) is 17.6 Å². The molecule has 1 aromatic rings. The summed E-state index contributed by atoms with van der Waals surface area (Å²) in [6.45, 7) is 3.42. The van der Waals surface area contributed by atoms with Crippen molar-refractivity contribution in [2.75, 3.05) is 24.2 Å². The van der Waals surface area contributed by atoms with E-state index < -0.39 is 0 Å². The Morgan fingerprint density at radius 1 is 1.50 bits per heavy atom. The van der Waals surface area contributed by atoms with Crippen molar-refractivity contribution >= 4 is 23.1 Å². The number of nitro groups is 1. The van der Waals surface area contributed by atoms with E-state index in [1.54, 1.807) is 6.07 Å². The van der Waals surface area contributed by atoms with Crippen molar-refractivity contribution < 1.29 is 9.66 Å². The Bertz CT molecular complexity index is 462. The zero-order chi connectivity index (χ0) is 14.4. The van der Waals surface area contributed by atoms with Gasteiger partial charge in [0.2, 0.25) is 0 Å². The monoisotopic (exact) mass is 296 g/mol. The van der Waals surface area contributed by atoms with E-state index in [0.29, 0.717) is 17.6 Å². The molecule has 1 unspecified atom stereocenters. The normalized spacial score (nSPS) is 17.9. The topological polar surface area (TPSA) is 64.4 Å². The molecule has 0 aliphatic carbocycles. The molecule has 0 saturated carbocycles. The molecular weight excluding hydrogens is 276 g/mol. The van der Waals surface area contributed by atoms with Crippen LogP contribution in [-0.4, -0.2) is 29.1 Å². The summed E-state index contributed by atoms with van der Waals surface area (Å²) in [5.74, 6) is 1.77. The molecule has 0 bridgehead atoms. The molecule has 1 aromatic carbocycles. The largest absolute Gasteiger partial charge is 0.493 e. The van der Waals surface area contributed by atoms with Gasteiger partial charge in [-0.25, -0.2) is 0 Å². The first-order valence-corrected chi connectivity index (χ1v) is 8.01. The lowest BCUT2D eigenvalue weighted by atomic mass is 10.2. The highest BCUT2D eigenvalue weighted by atomic mass is 32.2. The van der Waals surface area contributed by atoms with Crippen LogP contribution in [0.3, 0.4) is 0 Å². The van der Waals surface area contributed by atoms with Gasteiger partial charge in [-0.2, -0.15) is 11.8 Å². The van der Waals surface area contributed by atoms with Crippen molar-refractivity contribution in [3.63, 3.8) is 0 Å². The summed E-state index contributed by atoms with van der Waals surface area (Å²) < 4.78 is 5.51. The van der Waals surface area contributed by atoms with Crippen LogP contribution in [0.4, 0.5) is 11.4 Å². The summed E-state index contributed by atoms with van der Waals surface area (Å²) in [7, 11) is 0. The maximum atomic E-state index is 11.0. The van der Waals surface area contributed by atoms with Crippen LogP contribution in [0.15, 0.2) is 18.2 Å². The van der Waals surface area contributed by atoms with Crippen LogP contribution in [-0.2, 0) is 0 Å². The third-order valence-electron chi connectivity index (χ3n) is 3.13. The molecule has 0 radical (unpaired) electrons. The van der Waals surface area contributed by atoms with Crippen LogP contribution in [0.25, 0.3) is 0 Å². The molecule has 1 atom stereocenters. The predicted octanol–water partition coefficient (Wildman–Crippen LogP) is 3.69. The number of anilines is 1. The highest BCUT2D eigenvalue weighted by Crippen LogP contribution is 2.29. The number of nitrogens with one attached hydrogen (secondary N) is 1. The number of nitro benzene ring substituents is 1. The summed E-state index contributed by atoms with van der Waals surface area (Å²) in [5.41, 5.74) is 0.831. The summed E-state index contributed by atoms with van der Waals surface area (Å²) in [6, 6.07) is 4.88. The van der Waals surface area contributed by atoms with Crippen molar-refractivity contribution in [1.29, 1.82) is 0 Å². The van der Waals surface area contributed by atoms with Crippen molar-refractivity contribution in [3.8, 4) is 5.75 Å². The lowest BCUT2D eigenvalue weighted by molar-refractivity contribution is -0.384. The fourth-order valence-corrected chi connectivity index (χ4v) is 3.33. The van der Waals surface area contributed by atoms with Crippen molar-refractivity contribution in [2.45, 2.75) is 31.4 Å². The Labute approximate surface area is 123 Å². The Balaban J connectivity index is 2.04. The van der Waals surface area contributed by atoms with Crippen LogP contribution >= 0.6 is 11.8 Å². The Kier molecular flexibility index (Phi) is 5.52. The summed E-state index contributed by atoms with van der Waals surface area (Å²) in [4.78, 5) is 10.6. The van der Waals surface area contributed by atoms with E-state index in [0.717, 1.165) is 18.7 Å². The summed E-state index contributed by atoms with van der Waals surface area (Å²) >= 11 is 1.96. The second kappa shape index (κ2) is 7.38. The minimum Gasteiger partial charge on any atom is -0.493 e. The van der Waals surface area contributed by atoms with Gasteiger partial charge in [-0.1, -0.05) is 6.92 Å². The number of rotatable bonds is 7. The number of nitrogens with zero attached hydrogens (tertiary/aromatic N) is 1. The lowest BCUT2D eigenvalue weighted by Crippen LogP contribution is -2.13. The molecule has 1 aliphatic rings. The average molecular weight is 296 g/mol. The molecule has 1 fully saturated rings. The van der Waals surface area contributed by atoms with Gasteiger partial charge < -0.3 is 10.1 Å². The molecule has 1 aliphatic heterocycles. The molecule has 0 spiro atoms. The molecular formula is C14H20N2O3S. The first kappa shape index (κ1) is 15.0. The van der Waals surface area contributed by atoms with Crippen LogP contribution in [0.1, 0.15) is 26.2 Å². The van der Waals surface area contributed by atoms with Gasteiger partial charge in [-0.15, -0.1) is 0 Å². The molecule has 5 nitrogen and oxygen atoms in total. The second-order valence-corrected chi connectivity index (χ2v) is 6.25. The number of hydrogen-bond donors (Lipinski definition) is 1. The zero-order valence-electron chi connectivity index (χ0n) is 11.6. The number of ether oxygens (including phenoxy) is 1. The fourth-order valence-electron chi connectivity index (χ4n) is 2.13. The second-order valence-electron chi connectivity index (χ2n) is 4.84. The van der Waals surface area contributed by atoms with Crippen molar-refractivity contribution in [1.82, 2.24) is 0 Å². The predicted molar refractivity (Wildman–Crippen MR) is 82.9 cm³/mol. The van der Waals surface area contributed by atoms with Crippen LogP contribution in [0.2, 0.25) is 0 Å². The highest BCUT2D eigenvalue weighted by Gasteiger charge is 2.16. The van der Waals surface area contributed by atoms with Crippen molar-refractivity contribution in [2.24, 2.45) is 0 Å². The Morgan fingerprint density at radius 2 is 2.35 bits per heavy atom. The third kappa shape index (κ3) is 4.30. The molecule has 0 amide bonds. The van der Waals surface area contributed by atoms with E-state index in [2.05, 4.69) is 5.32 Å². The Hall–Kier alpha value is -1.43. The SMILES string of the molecule is CCCOc1cc(NCC2CCCS2)cc([N+](=O)[O-])c1. The quantitative estimate of drug-likeness (QED) is 0.614. The standard InChI is InChI=1S/C14H20N2O3S/c1-2-5-19-13-8-11(7-12(9-13)16(17)18)15-10-14-4-3-6-20-14/h7-9,14-15H,2-6,10H2,1H3. The molecule has 1 heterocycles. The molecule has 6 heteroatoms. The Morgan fingerprint density at radius 3 is 3.00 bits per heavy atom. The molecule has 2 rings (SSSR count). The zero-order valence-corrected chi connectivity index (χ0v) is 12.4. The molecule has 0 aromatic heterocycles. The first-order valence-electron chi connectivity index (χ1n) is 6.97. The van der Waals surface area contributed by atoms with Gasteiger partial charge in [0, 0.05) is 29.6 Å². The van der Waals surface area contributed by atoms with E-state index in [9.17, 15) is 10.1 Å². The molecule has 110 valence electrons. The lowest BCUT2D eigenvalue weighted by Gasteiger charge is -2.12. The van der Waals surface area contributed by atoms with Gasteiger partial charge in [0.1, 0.15) is 5.75 Å². The molecule has 1 N–H and O–H groups in total. The molecule has 1 saturated heterocycles. The van der Waals surface area contributed by atoms with Gasteiger partial charge in [-0.05, 0) is 25.0 Å². The average Bonchev–Trinajstić information content (AvgIpc) is 2.96. The minimum atomic E-state index is -0.381. The number of hydrogen-bond acceptors (Lipinski definition) is 5. The maximum Gasteiger partial charge on any atom is 0.275 e. The smallest absolute Gasteiger partial charge is 0.275 e. The number of benzene rings is 1. The van der Waals surface area contributed by atoms with E-state index >= 15 is 0 Å². The van der Waals surface area contributed by atoms with Crippen LogP contribution < -0.4 is 10.1 Å².